The number of ether oxygens (including phenoxy) is 8. The summed E-state index contributed by atoms with van der Waals surface area (Å²) in [5.41, 5.74) is 0.872. The van der Waals surface area contributed by atoms with Gasteiger partial charge in [0.05, 0.1) is 20.8 Å². The van der Waals surface area contributed by atoms with Gasteiger partial charge in [-0.15, -0.1) is 0 Å². The van der Waals surface area contributed by atoms with Crippen molar-refractivity contribution >= 4 is 30.1 Å². The van der Waals surface area contributed by atoms with Crippen LogP contribution in [0.2, 0.25) is 0 Å². The van der Waals surface area contributed by atoms with Crippen molar-refractivity contribution in [1.29, 1.82) is 0 Å². The number of phenolic OH excluding ortho intramolecular Hbond substituents is 2. The predicted octanol–water partition coefficient (Wildman–Crippen LogP) is -0.868. The van der Waals surface area contributed by atoms with E-state index >= 15 is 0 Å². The number of carbonyl (C=O) groups is 3. The lowest BCUT2D eigenvalue weighted by molar-refractivity contribution is -0.383. The van der Waals surface area contributed by atoms with Crippen molar-refractivity contribution in [2.45, 2.75) is 61.7 Å². The number of methoxy groups -OCH3 is 2. The summed E-state index contributed by atoms with van der Waals surface area (Å²) < 4.78 is 42.9. The molecule has 2 aromatic carbocycles. The Balaban J connectivity index is 1.52. The number of phenols is 2. The molecular formula is C34H40O18. The molecule has 0 unspecified atom stereocenters. The van der Waals surface area contributed by atoms with Gasteiger partial charge in [0.25, 0.3) is 0 Å². The van der Waals surface area contributed by atoms with Gasteiger partial charge in [0.1, 0.15) is 43.7 Å². The van der Waals surface area contributed by atoms with Crippen molar-refractivity contribution in [3.8, 4) is 23.0 Å². The molecule has 2 fully saturated rings. The molecule has 4 rings (SSSR count). The van der Waals surface area contributed by atoms with Crippen molar-refractivity contribution in [2.24, 2.45) is 0 Å². The standard InChI is InChI=1S/C34H40O18/c1-17(37)48-31-25(15-47-26(40)10-6-18-4-8-20(38)22(12-18)45-2)49-33(30(44)29(31)43)52-34(16-36)32(28(42)24(14-35)51-34)50-27(41)11-7-19-5-9-21(39)23(13-19)46-3/h4-13,24-25,28-33,35-36,38-39,42-44H,14-16H2,1-3H3/b10-6+,11-7+/t24-,25+,28-,29-,30-,31-,32+,33-,34+/m1/s1. The number of esters is 3. The van der Waals surface area contributed by atoms with Gasteiger partial charge in [-0.25, -0.2) is 9.59 Å². The van der Waals surface area contributed by atoms with Crippen LogP contribution < -0.4 is 9.47 Å². The Labute approximate surface area is 296 Å². The summed E-state index contributed by atoms with van der Waals surface area (Å²) in [6, 6.07) is 8.51. The van der Waals surface area contributed by atoms with E-state index in [4.69, 9.17) is 37.9 Å². The number of rotatable bonds is 14. The summed E-state index contributed by atoms with van der Waals surface area (Å²) in [6.07, 6.45) is -9.55. The average Bonchev–Trinajstić information content (AvgIpc) is 3.39. The van der Waals surface area contributed by atoms with E-state index in [1.54, 1.807) is 0 Å². The first kappa shape index (κ1) is 40.0. The Morgan fingerprint density at radius 1 is 0.808 bits per heavy atom. The third-order valence-corrected chi connectivity index (χ3v) is 8.00. The lowest BCUT2D eigenvalue weighted by atomic mass is 9.98. The van der Waals surface area contributed by atoms with Gasteiger partial charge >= 0.3 is 17.9 Å². The molecule has 0 saturated carbocycles. The van der Waals surface area contributed by atoms with Crippen LogP contribution in [0.15, 0.2) is 48.6 Å². The molecule has 0 spiro atoms. The molecule has 18 heteroatoms. The fourth-order valence-corrected chi connectivity index (χ4v) is 5.38. The van der Waals surface area contributed by atoms with E-state index in [2.05, 4.69) is 0 Å². The van der Waals surface area contributed by atoms with Gasteiger partial charge < -0.3 is 73.6 Å². The maximum atomic E-state index is 12.9. The number of hydrogen-bond donors (Lipinski definition) is 7. The van der Waals surface area contributed by atoms with Crippen LogP contribution in [0.1, 0.15) is 18.1 Å². The number of aliphatic hydroxyl groups excluding tert-OH is 5. The third kappa shape index (κ3) is 9.35. The van der Waals surface area contributed by atoms with Crippen LogP contribution in [0.5, 0.6) is 23.0 Å². The highest BCUT2D eigenvalue weighted by Crippen LogP contribution is 2.38. The highest BCUT2D eigenvalue weighted by Gasteiger charge is 2.61. The third-order valence-electron chi connectivity index (χ3n) is 8.00. The van der Waals surface area contributed by atoms with E-state index in [1.807, 2.05) is 0 Å². The normalized spacial score (nSPS) is 28.8. The molecule has 0 radical (unpaired) electrons. The minimum atomic E-state index is -2.51. The molecular weight excluding hydrogens is 696 g/mol. The minimum absolute atomic E-state index is 0.119. The van der Waals surface area contributed by atoms with Gasteiger partial charge in [-0.05, 0) is 47.5 Å². The molecule has 284 valence electrons. The zero-order valence-corrected chi connectivity index (χ0v) is 28.1. The van der Waals surface area contributed by atoms with Crippen LogP contribution in [0.25, 0.3) is 12.2 Å². The lowest BCUT2D eigenvalue weighted by Crippen LogP contribution is -2.64. The number of hydrogen-bond acceptors (Lipinski definition) is 18. The number of benzene rings is 2. The summed E-state index contributed by atoms with van der Waals surface area (Å²) in [5.74, 6) is -5.38. The molecule has 0 amide bonds. The highest BCUT2D eigenvalue weighted by atomic mass is 16.8. The monoisotopic (exact) mass is 736 g/mol. The van der Waals surface area contributed by atoms with Crippen LogP contribution in [-0.2, 0) is 42.8 Å². The van der Waals surface area contributed by atoms with Gasteiger partial charge in [-0.1, -0.05) is 12.1 Å². The van der Waals surface area contributed by atoms with Crippen LogP contribution in [0.3, 0.4) is 0 Å². The summed E-state index contributed by atoms with van der Waals surface area (Å²) in [5, 5.41) is 72.7. The van der Waals surface area contributed by atoms with Crippen LogP contribution in [0, 0.1) is 0 Å². The number of aromatic hydroxyl groups is 2. The van der Waals surface area contributed by atoms with Crippen molar-refractivity contribution in [3.63, 3.8) is 0 Å². The van der Waals surface area contributed by atoms with Gasteiger partial charge in [0.2, 0.25) is 5.79 Å². The number of aliphatic hydroxyl groups is 5. The Morgan fingerprint density at radius 3 is 1.90 bits per heavy atom. The molecule has 2 aliphatic rings. The molecule has 0 aromatic heterocycles. The van der Waals surface area contributed by atoms with Crippen molar-refractivity contribution in [2.75, 3.05) is 34.0 Å². The molecule has 18 nitrogen and oxygen atoms in total. The summed E-state index contributed by atoms with van der Waals surface area (Å²) >= 11 is 0. The topological polar surface area (TPSA) is 267 Å². The molecule has 2 heterocycles. The first-order valence-corrected chi connectivity index (χ1v) is 15.7. The van der Waals surface area contributed by atoms with Gasteiger partial charge in [0.15, 0.2) is 41.5 Å². The summed E-state index contributed by atoms with van der Waals surface area (Å²) in [7, 11) is 2.68. The highest BCUT2D eigenvalue weighted by molar-refractivity contribution is 5.88. The molecule has 7 N–H and O–H groups in total. The Morgan fingerprint density at radius 2 is 1.38 bits per heavy atom. The van der Waals surface area contributed by atoms with E-state index in [9.17, 15) is 50.1 Å². The molecule has 2 saturated heterocycles. The van der Waals surface area contributed by atoms with E-state index in [0.717, 1.165) is 19.1 Å². The molecule has 2 aliphatic heterocycles. The first-order valence-electron chi connectivity index (χ1n) is 15.7. The fraction of sp³-hybridized carbons (Fsp3) is 0.441. The zero-order chi connectivity index (χ0) is 38.2. The number of carbonyl (C=O) groups excluding carboxylic acids is 3. The second-order valence-electron chi connectivity index (χ2n) is 11.5. The van der Waals surface area contributed by atoms with Crippen molar-refractivity contribution < 1.29 is 88.0 Å². The van der Waals surface area contributed by atoms with Crippen LogP contribution >= 0.6 is 0 Å². The molecule has 9 atom stereocenters. The zero-order valence-electron chi connectivity index (χ0n) is 28.1. The SMILES string of the molecule is COc1cc(/C=C/C(=O)OC[C@@H]2O[C@H](O[C@]3(CO)O[C@H](CO)[C@@H](O)[C@@H]3OC(=O)/C=C/c3ccc(O)c(OC)c3)[C@H](O)[C@@H](O)[C@@H]2OC(C)=O)ccc1O. The van der Waals surface area contributed by atoms with Gasteiger partial charge in [-0.2, -0.15) is 0 Å². The van der Waals surface area contributed by atoms with E-state index in [0.29, 0.717) is 11.1 Å². The Bertz CT molecular complexity index is 1630. The van der Waals surface area contributed by atoms with E-state index in [1.165, 1.54) is 62.8 Å². The van der Waals surface area contributed by atoms with Gasteiger partial charge in [-0.3, -0.25) is 4.79 Å². The van der Waals surface area contributed by atoms with Crippen molar-refractivity contribution in [1.82, 2.24) is 0 Å². The maximum absolute atomic E-state index is 12.9. The second kappa shape index (κ2) is 17.6. The van der Waals surface area contributed by atoms with E-state index < -0.39 is 92.5 Å². The molecule has 2 aromatic rings. The quantitative estimate of drug-likeness (QED) is 0.0706. The maximum Gasteiger partial charge on any atom is 0.331 e. The smallest absolute Gasteiger partial charge is 0.331 e. The van der Waals surface area contributed by atoms with Crippen LogP contribution in [-0.4, -0.2) is 142 Å². The molecule has 52 heavy (non-hydrogen) atoms. The minimum Gasteiger partial charge on any atom is -0.504 e. The summed E-state index contributed by atoms with van der Waals surface area (Å²) in [4.78, 5) is 37.3. The molecule has 0 aliphatic carbocycles. The summed E-state index contributed by atoms with van der Waals surface area (Å²) in [6.45, 7) is -1.64. The second-order valence-corrected chi connectivity index (χ2v) is 11.5. The predicted molar refractivity (Wildman–Crippen MR) is 173 cm³/mol. The average molecular weight is 737 g/mol. The largest absolute Gasteiger partial charge is 0.504 e. The molecule has 0 bridgehead atoms. The Kier molecular flexibility index (Phi) is 13.6. The van der Waals surface area contributed by atoms with Gasteiger partial charge in [0, 0.05) is 19.1 Å². The first-order chi connectivity index (χ1) is 24.7. The fourth-order valence-electron chi connectivity index (χ4n) is 5.38. The van der Waals surface area contributed by atoms with E-state index in [-0.39, 0.29) is 23.0 Å². The lowest BCUT2D eigenvalue weighted by Gasteiger charge is -2.44. The van der Waals surface area contributed by atoms with Crippen LogP contribution in [0.4, 0.5) is 0 Å². The Hall–Kier alpha value is -4.79. The van der Waals surface area contributed by atoms with Crippen molar-refractivity contribution in [3.05, 3.63) is 59.7 Å².